The van der Waals surface area contributed by atoms with Gasteiger partial charge < -0.3 is 14.8 Å². The number of likely N-dealkylation sites (tertiary alicyclic amines) is 1. The second-order valence-electron chi connectivity index (χ2n) is 9.10. The Labute approximate surface area is 170 Å². The van der Waals surface area contributed by atoms with Crippen LogP contribution in [0.25, 0.3) is 0 Å². The van der Waals surface area contributed by atoms with E-state index in [9.17, 15) is 9.59 Å². The Morgan fingerprint density at radius 2 is 2.03 bits per heavy atom. The Hall–Kier alpha value is -2.47. The van der Waals surface area contributed by atoms with Crippen LogP contribution in [0.2, 0.25) is 0 Å². The van der Waals surface area contributed by atoms with Crippen LogP contribution >= 0.6 is 0 Å². The average Bonchev–Trinajstić information content (AvgIpc) is 3.34. The normalized spacial score (nSPS) is 23.4. The quantitative estimate of drug-likeness (QED) is 0.815. The third-order valence-corrected chi connectivity index (χ3v) is 6.63. The van der Waals surface area contributed by atoms with Crippen molar-refractivity contribution < 1.29 is 4.79 Å². The lowest BCUT2D eigenvalue weighted by Crippen LogP contribution is -2.32. The van der Waals surface area contributed by atoms with Gasteiger partial charge in [0, 0.05) is 44.2 Å². The molecule has 1 atom stereocenters. The molecule has 0 unspecified atom stereocenters. The number of aromatic nitrogens is 2. The van der Waals surface area contributed by atoms with Gasteiger partial charge in [0.05, 0.1) is 0 Å². The van der Waals surface area contributed by atoms with Crippen LogP contribution in [0.15, 0.2) is 41.3 Å². The van der Waals surface area contributed by atoms with Crippen molar-refractivity contribution in [3.05, 3.63) is 63.8 Å². The van der Waals surface area contributed by atoms with Crippen LogP contribution in [0.4, 0.5) is 0 Å². The molecule has 1 spiro atoms. The van der Waals surface area contributed by atoms with Gasteiger partial charge in [-0.2, -0.15) is 4.98 Å². The molecule has 1 amide bonds. The van der Waals surface area contributed by atoms with Crippen LogP contribution in [0.1, 0.15) is 41.0 Å². The monoisotopic (exact) mass is 392 g/mol. The molecule has 1 aliphatic carbocycles. The van der Waals surface area contributed by atoms with Crippen LogP contribution in [-0.2, 0) is 19.4 Å². The van der Waals surface area contributed by atoms with E-state index < -0.39 is 5.56 Å². The fourth-order valence-corrected chi connectivity index (χ4v) is 4.90. The third-order valence-electron chi connectivity index (χ3n) is 6.63. The standard InChI is InChI=1S/C23H28N4O2/c28-21(24-10-8-17-4-2-1-3-5-17)19-14-27-16-23(12-20(27)25-22(19)29)9-11-26(15-23)13-18-6-7-18/h1-5,14,18H,6-13,15-16H2,(H,24,28)/t23-/m1/s1. The number of nitrogens with one attached hydrogen (secondary N) is 1. The smallest absolute Gasteiger partial charge is 0.285 e. The molecule has 1 saturated carbocycles. The van der Waals surface area contributed by atoms with Gasteiger partial charge >= 0.3 is 0 Å². The van der Waals surface area contributed by atoms with Gasteiger partial charge in [-0.3, -0.25) is 9.59 Å². The van der Waals surface area contributed by atoms with Crippen molar-refractivity contribution in [1.82, 2.24) is 19.8 Å². The number of benzene rings is 1. The van der Waals surface area contributed by atoms with Crippen molar-refractivity contribution in [3.63, 3.8) is 0 Å². The Morgan fingerprint density at radius 1 is 1.21 bits per heavy atom. The lowest BCUT2D eigenvalue weighted by Gasteiger charge is -2.22. The van der Waals surface area contributed by atoms with E-state index in [0.717, 1.165) is 56.2 Å². The van der Waals surface area contributed by atoms with E-state index in [4.69, 9.17) is 0 Å². The summed E-state index contributed by atoms with van der Waals surface area (Å²) in [6.07, 6.45) is 7.23. The summed E-state index contributed by atoms with van der Waals surface area (Å²) in [6, 6.07) is 10.0. The molecule has 0 radical (unpaired) electrons. The molecule has 6 heteroatoms. The first-order chi connectivity index (χ1) is 14.1. The fourth-order valence-electron chi connectivity index (χ4n) is 4.90. The van der Waals surface area contributed by atoms with E-state index in [-0.39, 0.29) is 16.9 Å². The first-order valence-corrected chi connectivity index (χ1v) is 10.8. The topological polar surface area (TPSA) is 67.2 Å². The first-order valence-electron chi connectivity index (χ1n) is 10.8. The number of carbonyl (C=O) groups is 1. The van der Waals surface area contributed by atoms with Gasteiger partial charge in [0.15, 0.2) is 0 Å². The van der Waals surface area contributed by atoms with Crippen molar-refractivity contribution in [1.29, 1.82) is 0 Å². The molecule has 29 heavy (non-hydrogen) atoms. The molecular formula is C23H28N4O2. The number of rotatable bonds is 6. The minimum absolute atomic E-state index is 0.159. The second kappa shape index (κ2) is 7.41. The van der Waals surface area contributed by atoms with Gasteiger partial charge in [-0.15, -0.1) is 0 Å². The fraction of sp³-hybridized carbons (Fsp3) is 0.522. The summed E-state index contributed by atoms with van der Waals surface area (Å²) in [6.45, 7) is 4.81. The molecule has 1 N–H and O–H groups in total. The SMILES string of the molecule is O=C(NCCc1ccccc1)c1cn2c(nc1=O)C[C@@]1(CCN(CC3CC3)C1)C2. The number of carbonyl (C=O) groups excluding carboxylic acids is 1. The molecule has 2 fully saturated rings. The van der Waals surface area contributed by atoms with Crippen LogP contribution in [0, 0.1) is 11.3 Å². The summed E-state index contributed by atoms with van der Waals surface area (Å²) in [5.41, 5.74) is 1.10. The van der Waals surface area contributed by atoms with Crippen LogP contribution in [0.5, 0.6) is 0 Å². The largest absolute Gasteiger partial charge is 0.351 e. The highest BCUT2D eigenvalue weighted by Gasteiger charge is 2.44. The van der Waals surface area contributed by atoms with Crippen LogP contribution < -0.4 is 10.9 Å². The molecule has 2 aromatic rings. The molecule has 1 saturated heterocycles. The zero-order chi connectivity index (χ0) is 19.8. The van der Waals surface area contributed by atoms with E-state index >= 15 is 0 Å². The molecule has 1 aromatic carbocycles. The maximum atomic E-state index is 12.6. The molecule has 152 valence electrons. The van der Waals surface area contributed by atoms with E-state index in [1.54, 1.807) is 6.20 Å². The van der Waals surface area contributed by atoms with Gasteiger partial charge in [-0.1, -0.05) is 30.3 Å². The Balaban J connectivity index is 1.23. The van der Waals surface area contributed by atoms with Crippen LogP contribution in [-0.4, -0.2) is 46.5 Å². The molecule has 6 nitrogen and oxygen atoms in total. The van der Waals surface area contributed by atoms with Gasteiger partial charge in [-0.25, -0.2) is 0 Å². The lowest BCUT2D eigenvalue weighted by molar-refractivity contribution is 0.0951. The molecule has 3 heterocycles. The van der Waals surface area contributed by atoms with Gasteiger partial charge in [-0.05, 0) is 43.7 Å². The predicted molar refractivity (Wildman–Crippen MR) is 111 cm³/mol. The van der Waals surface area contributed by atoms with Crippen molar-refractivity contribution in [3.8, 4) is 0 Å². The summed E-state index contributed by atoms with van der Waals surface area (Å²) in [7, 11) is 0. The van der Waals surface area contributed by atoms with Gasteiger partial charge in [0.1, 0.15) is 11.4 Å². The van der Waals surface area contributed by atoms with E-state index in [0.29, 0.717) is 6.54 Å². The summed E-state index contributed by atoms with van der Waals surface area (Å²) in [5, 5.41) is 2.88. The molecular weight excluding hydrogens is 364 g/mol. The van der Waals surface area contributed by atoms with E-state index in [1.807, 2.05) is 34.9 Å². The number of fused-ring (bicyclic) bond motifs is 1. The summed E-state index contributed by atoms with van der Waals surface area (Å²) in [5.74, 6) is 1.42. The first kappa shape index (κ1) is 18.6. The highest BCUT2D eigenvalue weighted by Crippen LogP contribution is 2.41. The molecule has 0 bridgehead atoms. The highest BCUT2D eigenvalue weighted by molar-refractivity contribution is 5.93. The van der Waals surface area contributed by atoms with Crippen LogP contribution in [0.3, 0.4) is 0 Å². The predicted octanol–water partition coefficient (Wildman–Crippen LogP) is 1.87. The number of amides is 1. The van der Waals surface area contributed by atoms with Crippen molar-refractivity contribution in [2.24, 2.45) is 11.3 Å². The van der Waals surface area contributed by atoms with Crippen molar-refractivity contribution in [2.75, 3.05) is 26.2 Å². The zero-order valence-corrected chi connectivity index (χ0v) is 16.8. The minimum atomic E-state index is -0.404. The second-order valence-corrected chi connectivity index (χ2v) is 9.10. The molecule has 3 aliphatic rings. The Morgan fingerprint density at radius 3 is 2.83 bits per heavy atom. The van der Waals surface area contributed by atoms with Crippen molar-refractivity contribution >= 4 is 5.91 Å². The number of hydrogen-bond donors (Lipinski definition) is 1. The zero-order valence-electron chi connectivity index (χ0n) is 16.8. The third kappa shape index (κ3) is 3.99. The molecule has 2 aliphatic heterocycles. The van der Waals surface area contributed by atoms with Gasteiger partial charge in [0.25, 0.3) is 11.5 Å². The van der Waals surface area contributed by atoms with E-state index in [2.05, 4.69) is 15.2 Å². The lowest BCUT2D eigenvalue weighted by atomic mass is 9.86. The summed E-state index contributed by atoms with van der Waals surface area (Å²) >= 11 is 0. The summed E-state index contributed by atoms with van der Waals surface area (Å²) in [4.78, 5) is 31.9. The number of hydrogen-bond acceptors (Lipinski definition) is 4. The van der Waals surface area contributed by atoms with E-state index in [1.165, 1.54) is 19.4 Å². The molecule has 5 rings (SSSR count). The average molecular weight is 393 g/mol. The molecule has 1 aromatic heterocycles. The number of nitrogens with zero attached hydrogens (tertiary/aromatic N) is 3. The maximum Gasteiger partial charge on any atom is 0.285 e. The van der Waals surface area contributed by atoms with Gasteiger partial charge in [0.2, 0.25) is 0 Å². The minimum Gasteiger partial charge on any atom is -0.351 e. The Kier molecular flexibility index (Phi) is 4.74. The Bertz CT molecular complexity index is 967. The highest BCUT2D eigenvalue weighted by atomic mass is 16.2. The van der Waals surface area contributed by atoms with Crippen molar-refractivity contribution in [2.45, 2.75) is 38.6 Å². The maximum absolute atomic E-state index is 12.6. The summed E-state index contributed by atoms with van der Waals surface area (Å²) < 4.78 is 2.05.